The molecule has 3 rings (SSSR count). The van der Waals surface area contributed by atoms with Gasteiger partial charge in [0.05, 0.1) is 16.5 Å². The number of benzene rings is 1. The third kappa shape index (κ3) is 4.51. The van der Waals surface area contributed by atoms with E-state index in [1.165, 1.54) is 27.4 Å². The molecule has 9 nitrogen and oxygen atoms in total. The molecule has 1 aliphatic rings. The Morgan fingerprint density at radius 3 is 2.52 bits per heavy atom. The van der Waals surface area contributed by atoms with Crippen LogP contribution in [0.5, 0.6) is 0 Å². The van der Waals surface area contributed by atoms with Gasteiger partial charge in [-0.25, -0.2) is 13.1 Å². The smallest absolute Gasteiger partial charge is 0.243 e. The van der Waals surface area contributed by atoms with Crippen LogP contribution in [-0.2, 0) is 14.8 Å². The van der Waals surface area contributed by atoms with Crippen molar-refractivity contribution in [3.63, 3.8) is 0 Å². The molecule has 0 radical (unpaired) electrons. The van der Waals surface area contributed by atoms with Gasteiger partial charge in [0.1, 0.15) is 6.33 Å². The summed E-state index contributed by atoms with van der Waals surface area (Å²) in [5.74, 6) is -0.440. The highest BCUT2D eigenvalue weighted by Crippen LogP contribution is 2.25. The van der Waals surface area contributed by atoms with E-state index in [9.17, 15) is 13.2 Å². The minimum atomic E-state index is -3.67. The summed E-state index contributed by atoms with van der Waals surface area (Å²) < 4.78 is 28.8. The van der Waals surface area contributed by atoms with E-state index < -0.39 is 10.0 Å². The van der Waals surface area contributed by atoms with E-state index in [2.05, 4.69) is 20.8 Å². The Morgan fingerprint density at radius 1 is 1.22 bits per heavy atom. The van der Waals surface area contributed by atoms with Gasteiger partial charge in [0.2, 0.25) is 15.9 Å². The zero-order valence-corrected chi connectivity index (χ0v) is 16.5. The van der Waals surface area contributed by atoms with Gasteiger partial charge in [-0.1, -0.05) is 0 Å². The average molecular weight is 392 g/mol. The molecule has 1 fully saturated rings. The van der Waals surface area contributed by atoms with Gasteiger partial charge in [-0.15, -0.1) is 5.10 Å². The fourth-order valence-electron chi connectivity index (χ4n) is 3.05. The predicted molar refractivity (Wildman–Crippen MR) is 98.5 cm³/mol. The lowest BCUT2D eigenvalue weighted by Crippen LogP contribution is -2.49. The van der Waals surface area contributed by atoms with Crippen molar-refractivity contribution in [2.45, 2.75) is 44.0 Å². The molecule has 0 aliphatic carbocycles. The Hall–Kier alpha value is -2.33. The van der Waals surface area contributed by atoms with Crippen molar-refractivity contribution in [2.75, 3.05) is 13.1 Å². The Morgan fingerprint density at radius 2 is 1.93 bits per heavy atom. The van der Waals surface area contributed by atoms with Crippen molar-refractivity contribution in [2.24, 2.45) is 5.92 Å². The molecule has 10 heteroatoms. The van der Waals surface area contributed by atoms with Crippen LogP contribution in [0.4, 0.5) is 0 Å². The molecule has 2 heterocycles. The fourth-order valence-corrected chi connectivity index (χ4v) is 4.57. The first-order valence-electron chi connectivity index (χ1n) is 8.82. The maximum atomic E-state index is 13.0. The molecule has 0 saturated carbocycles. The summed E-state index contributed by atoms with van der Waals surface area (Å²) in [5.41, 5.74) is 0.324. The number of amides is 1. The van der Waals surface area contributed by atoms with E-state index in [0.29, 0.717) is 25.1 Å². The minimum Gasteiger partial charge on any atom is -0.351 e. The van der Waals surface area contributed by atoms with Gasteiger partial charge < -0.3 is 5.32 Å². The Bertz CT molecular complexity index is 888. The molecule has 0 spiro atoms. The first kappa shape index (κ1) is 19.4. The van der Waals surface area contributed by atoms with Gasteiger partial charge in [0.25, 0.3) is 0 Å². The number of tetrazole rings is 1. The number of aromatic nitrogens is 4. The molecule has 27 heavy (non-hydrogen) atoms. The summed E-state index contributed by atoms with van der Waals surface area (Å²) in [6.07, 6.45) is 2.78. The largest absolute Gasteiger partial charge is 0.351 e. The van der Waals surface area contributed by atoms with E-state index in [0.717, 1.165) is 0 Å². The number of hydrogen-bond donors (Lipinski definition) is 1. The second-order valence-corrected chi connectivity index (χ2v) is 9.63. The van der Waals surface area contributed by atoms with E-state index in [-0.39, 0.29) is 28.8 Å². The second-order valence-electron chi connectivity index (χ2n) is 7.69. The van der Waals surface area contributed by atoms with E-state index in [1.807, 2.05) is 20.8 Å². The van der Waals surface area contributed by atoms with Crippen LogP contribution in [0.15, 0.2) is 35.5 Å². The third-order valence-corrected chi connectivity index (χ3v) is 6.22. The Kier molecular flexibility index (Phi) is 5.29. The zero-order chi connectivity index (χ0) is 19.7. The number of nitrogens with one attached hydrogen (secondary N) is 1. The quantitative estimate of drug-likeness (QED) is 0.830. The number of rotatable bonds is 4. The SMILES string of the molecule is CC(C)(C)NC(=O)[C@@H]1CCCN(S(=O)(=O)c2ccc(-n3cnnn3)cc2)C1. The minimum absolute atomic E-state index is 0.101. The van der Waals surface area contributed by atoms with Gasteiger partial charge in [0, 0.05) is 18.6 Å². The number of piperidine rings is 1. The molecule has 1 N–H and O–H groups in total. The first-order valence-corrected chi connectivity index (χ1v) is 10.3. The third-order valence-electron chi connectivity index (χ3n) is 4.34. The number of carbonyl (C=O) groups excluding carboxylic acids is 1. The van der Waals surface area contributed by atoms with Crippen molar-refractivity contribution in [1.82, 2.24) is 29.8 Å². The van der Waals surface area contributed by atoms with Crippen LogP contribution in [0, 0.1) is 5.92 Å². The van der Waals surface area contributed by atoms with Crippen LogP contribution in [0.1, 0.15) is 33.6 Å². The Balaban J connectivity index is 1.75. The molecule has 1 saturated heterocycles. The molecular weight excluding hydrogens is 368 g/mol. The first-order chi connectivity index (χ1) is 12.7. The summed E-state index contributed by atoms with van der Waals surface area (Å²) in [4.78, 5) is 12.6. The number of hydrogen-bond acceptors (Lipinski definition) is 6. The highest BCUT2D eigenvalue weighted by molar-refractivity contribution is 7.89. The van der Waals surface area contributed by atoms with Crippen LogP contribution in [-0.4, -0.2) is 57.5 Å². The maximum absolute atomic E-state index is 13.0. The summed E-state index contributed by atoms with van der Waals surface area (Å²) in [5, 5.41) is 13.8. The molecule has 1 amide bonds. The predicted octanol–water partition coefficient (Wildman–Crippen LogP) is 0.978. The zero-order valence-electron chi connectivity index (χ0n) is 15.7. The molecule has 1 aromatic heterocycles. The Labute approximate surface area is 158 Å². The van der Waals surface area contributed by atoms with Crippen LogP contribution < -0.4 is 5.32 Å². The van der Waals surface area contributed by atoms with Crippen molar-refractivity contribution in [3.05, 3.63) is 30.6 Å². The second kappa shape index (κ2) is 7.35. The van der Waals surface area contributed by atoms with Crippen molar-refractivity contribution in [3.8, 4) is 5.69 Å². The van der Waals surface area contributed by atoms with Crippen LogP contribution in [0.25, 0.3) is 5.69 Å². The summed E-state index contributed by atoms with van der Waals surface area (Å²) in [6, 6.07) is 6.37. The molecule has 0 bridgehead atoms. The van der Waals surface area contributed by atoms with Crippen LogP contribution in [0.2, 0.25) is 0 Å². The van der Waals surface area contributed by atoms with Gasteiger partial charge in [0.15, 0.2) is 0 Å². The number of sulfonamides is 1. The highest BCUT2D eigenvalue weighted by Gasteiger charge is 2.34. The lowest BCUT2D eigenvalue weighted by atomic mass is 9.97. The monoisotopic (exact) mass is 392 g/mol. The average Bonchev–Trinajstić information content (AvgIpc) is 3.15. The van der Waals surface area contributed by atoms with Gasteiger partial charge in [-0.05, 0) is 68.3 Å². The summed E-state index contributed by atoms with van der Waals surface area (Å²) in [7, 11) is -3.67. The lowest BCUT2D eigenvalue weighted by molar-refractivity contribution is -0.127. The molecule has 0 unspecified atom stereocenters. The maximum Gasteiger partial charge on any atom is 0.243 e. The molecular formula is C17H24N6O3S. The lowest BCUT2D eigenvalue weighted by Gasteiger charge is -2.33. The molecule has 2 aromatic rings. The van der Waals surface area contributed by atoms with E-state index in [1.54, 1.807) is 12.1 Å². The van der Waals surface area contributed by atoms with Crippen LogP contribution in [0.3, 0.4) is 0 Å². The molecule has 1 aromatic carbocycles. The van der Waals surface area contributed by atoms with Crippen LogP contribution >= 0.6 is 0 Å². The van der Waals surface area contributed by atoms with Crippen molar-refractivity contribution < 1.29 is 13.2 Å². The normalized spacial score (nSPS) is 19.0. The topological polar surface area (TPSA) is 110 Å². The van der Waals surface area contributed by atoms with Gasteiger partial charge >= 0.3 is 0 Å². The molecule has 1 aliphatic heterocycles. The highest BCUT2D eigenvalue weighted by atomic mass is 32.2. The van der Waals surface area contributed by atoms with Crippen molar-refractivity contribution >= 4 is 15.9 Å². The summed E-state index contributed by atoms with van der Waals surface area (Å²) >= 11 is 0. The number of nitrogens with zero attached hydrogens (tertiary/aromatic N) is 5. The number of carbonyl (C=O) groups is 1. The van der Waals surface area contributed by atoms with Crippen molar-refractivity contribution in [1.29, 1.82) is 0 Å². The molecule has 1 atom stereocenters. The summed E-state index contributed by atoms with van der Waals surface area (Å²) in [6.45, 7) is 6.34. The standard InChI is InChI=1S/C17H24N6O3S/c1-17(2,3)19-16(24)13-5-4-10-22(11-13)27(25,26)15-8-6-14(7-9-15)23-12-18-20-21-23/h6-9,12-13H,4-5,10-11H2,1-3H3,(H,19,24)/t13-/m1/s1. The van der Waals surface area contributed by atoms with Gasteiger partial charge in [-0.3, -0.25) is 4.79 Å². The van der Waals surface area contributed by atoms with E-state index in [4.69, 9.17) is 0 Å². The fraction of sp³-hybridized carbons (Fsp3) is 0.529. The van der Waals surface area contributed by atoms with Gasteiger partial charge in [-0.2, -0.15) is 4.31 Å². The molecule has 146 valence electrons. The van der Waals surface area contributed by atoms with E-state index >= 15 is 0 Å².